The third-order valence-corrected chi connectivity index (χ3v) is 7.24. The number of methoxy groups -OCH3 is 1. The Morgan fingerprint density at radius 3 is 2.69 bits per heavy atom. The Balaban J connectivity index is 1.61. The van der Waals surface area contributed by atoms with Crippen LogP contribution in [-0.2, 0) is 17.7 Å². The van der Waals surface area contributed by atoms with E-state index >= 15 is 0 Å². The number of halogens is 2. The van der Waals surface area contributed by atoms with Gasteiger partial charge in [-0.1, -0.05) is 0 Å². The molecule has 1 atom stereocenters. The van der Waals surface area contributed by atoms with Gasteiger partial charge in [-0.25, -0.2) is 4.79 Å². The second-order valence-corrected chi connectivity index (χ2v) is 9.46. The van der Waals surface area contributed by atoms with Crippen LogP contribution in [0.4, 0.5) is 9.80 Å². The number of hydrogen-bond acceptors (Lipinski definition) is 6. The first-order valence-corrected chi connectivity index (χ1v) is 11.5. The zero-order chi connectivity index (χ0) is 20.7. The molecule has 0 saturated carbocycles. The summed E-state index contributed by atoms with van der Waals surface area (Å²) in [5.41, 5.74) is 2.60. The van der Waals surface area contributed by atoms with Crippen molar-refractivity contribution in [2.75, 3.05) is 25.6 Å². The number of amides is 2. The summed E-state index contributed by atoms with van der Waals surface area (Å²) in [7, 11) is 1.60. The molecule has 29 heavy (non-hydrogen) atoms. The van der Waals surface area contributed by atoms with Gasteiger partial charge in [-0.15, -0.1) is 11.3 Å². The zero-order valence-electron chi connectivity index (χ0n) is 15.8. The average Bonchev–Trinajstić information content (AvgIpc) is 3.05. The highest BCUT2D eigenvalue weighted by Crippen LogP contribution is 2.42. The maximum atomic E-state index is 12.9. The molecule has 0 bridgehead atoms. The van der Waals surface area contributed by atoms with Gasteiger partial charge in [0.15, 0.2) is 0 Å². The number of rotatable bonds is 3. The summed E-state index contributed by atoms with van der Waals surface area (Å²) >= 11 is 8.54. The summed E-state index contributed by atoms with van der Waals surface area (Å²) in [5, 5.41) is 7.30. The molecule has 2 N–H and O–H groups in total. The molecule has 10 heteroatoms. The third kappa shape index (κ3) is 3.73. The fourth-order valence-electron chi connectivity index (χ4n) is 3.59. The van der Waals surface area contributed by atoms with E-state index < -0.39 is 0 Å². The van der Waals surface area contributed by atoms with Crippen LogP contribution in [0, 0.1) is 0 Å². The lowest BCUT2D eigenvalue weighted by Gasteiger charge is -2.28. The summed E-state index contributed by atoms with van der Waals surface area (Å²) < 4.78 is 12.1. The predicted molar refractivity (Wildman–Crippen MR) is 118 cm³/mol. The molecule has 0 fully saturated rings. The van der Waals surface area contributed by atoms with Crippen molar-refractivity contribution in [3.05, 3.63) is 42.6 Å². The number of hydrogen-bond donors (Lipinski definition) is 2. The van der Waals surface area contributed by atoms with Gasteiger partial charge in [-0.3, -0.25) is 4.79 Å². The normalized spacial score (nSPS) is 17.7. The fraction of sp³-hybridized carbons (Fsp3) is 0.368. The first-order valence-electron chi connectivity index (χ1n) is 9.09. The molecule has 1 aromatic carbocycles. The number of nitrogens with one attached hydrogen (secondary N) is 2. The van der Waals surface area contributed by atoms with Gasteiger partial charge in [0, 0.05) is 11.4 Å². The van der Waals surface area contributed by atoms with E-state index in [0.717, 1.165) is 30.0 Å². The maximum absolute atomic E-state index is 12.9. The van der Waals surface area contributed by atoms with Crippen molar-refractivity contribution in [3.8, 4) is 5.75 Å². The van der Waals surface area contributed by atoms with Gasteiger partial charge in [-0.2, -0.15) is 0 Å². The first-order chi connectivity index (χ1) is 13.9. The van der Waals surface area contributed by atoms with E-state index in [4.69, 9.17) is 9.47 Å². The highest BCUT2D eigenvalue weighted by Gasteiger charge is 2.34. The summed E-state index contributed by atoms with van der Waals surface area (Å²) in [6, 6.07) is 3.84. The molecular formula is C19H19Br2N3O4S. The number of anilines is 1. The van der Waals surface area contributed by atoms with E-state index in [2.05, 4.69) is 42.5 Å². The van der Waals surface area contributed by atoms with Crippen LogP contribution in [-0.4, -0.2) is 37.2 Å². The highest BCUT2D eigenvalue weighted by molar-refractivity contribution is 9.11. The van der Waals surface area contributed by atoms with Crippen LogP contribution in [0.15, 0.2) is 21.1 Å². The van der Waals surface area contributed by atoms with Crippen molar-refractivity contribution < 1.29 is 19.1 Å². The lowest BCUT2D eigenvalue weighted by Crippen LogP contribution is -2.39. The maximum Gasteiger partial charge on any atom is 0.410 e. The van der Waals surface area contributed by atoms with Crippen LogP contribution in [0.2, 0.25) is 0 Å². The number of benzene rings is 1. The Morgan fingerprint density at radius 1 is 1.31 bits per heavy atom. The predicted octanol–water partition coefficient (Wildman–Crippen LogP) is 4.65. The molecule has 0 spiro atoms. The van der Waals surface area contributed by atoms with Crippen molar-refractivity contribution in [2.24, 2.45) is 0 Å². The Hall–Kier alpha value is -1.78. The minimum absolute atomic E-state index is 0.103. The number of carbonyl (C=O) groups is 2. The monoisotopic (exact) mass is 543 g/mol. The minimum Gasteiger partial charge on any atom is -0.494 e. The van der Waals surface area contributed by atoms with Crippen molar-refractivity contribution >= 4 is 60.2 Å². The number of fused-ring (bicyclic) bond motifs is 3. The van der Waals surface area contributed by atoms with Gasteiger partial charge in [-0.05, 0) is 68.5 Å². The van der Waals surface area contributed by atoms with Crippen molar-refractivity contribution in [1.29, 1.82) is 0 Å². The molecule has 0 saturated heterocycles. The van der Waals surface area contributed by atoms with Gasteiger partial charge >= 0.3 is 6.09 Å². The molecule has 1 aromatic heterocycles. The van der Waals surface area contributed by atoms with Crippen LogP contribution in [0.5, 0.6) is 5.75 Å². The quantitative estimate of drug-likeness (QED) is 0.588. The van der Waals surface area contributed by atoms with Crippen LogP contribution in [0.1, 0.15) is 39.5 Å². The smallest absolute Gasteiger partial charge is 0.410 e. The van der Waals surface area contributed by atoms with Crippen LogP contribution < -0.4 is 15.4 Å². The topological polar surface area (TPSA) is 79.9 Å². The Kier molecular flexibility index (Phi) is 5.76. The summed E-state index contributed by atoms with van der Waals surface area (Å²) in [6.45, 7) is 3.15. The molecule has 4 rings (SSSR count). The van der Waals surface area contributed by atoms with E-state index in [1.165, 1.54) is 11.3 Å². The van der Waals surface area contributed by atoms with Gasteiger partial charge < -0.3 is 25.0 Å². The summed E-state index contributed by atoms with van der Waals surface area (Å²) in [5.74, 6) is 0.594. The van der Waals surface area contributed by atoms with Gasteiger partial charge in [0.05, 0.1) is 34.8 Å². The molecule has 2 aliphatic rings. The largest absolute Gasteiger partial charge is 0.494 e. The third-order valence-electron chi connectivity index (χ3n) is 4.92. The molecule has 0 unspecified atom stereocenters. The lowest BCUT2D eigenvalue weighted by molar-refractivity contribution is 0.0934. The van der Waals surface area contributed by atoms with E-state index in [1.807, 2.05) is 12.1 Å². The van der Waals surface area contributed by atoms with E-state index in [0.29, 0.717) is 37.4 Å². The summed E-state index contributed by atoms with van der Waals surface area (Å²) in [6.07, 6.45) is -0.0400. The zero-order valence-corrected chi connectivity index (χ0v) is 19.8. The molecule has 154 valence electrons. The number of ether oxygens (including phenoxy) is 2. The van der Waals surface area contributed by atoms with Gasteiger partial charge in [0.25, 0.3) is 5.91 Å². The lowest BCUT2D eigenvalue weighted by atomic mass is 10.0. The molecule has 0 aliphatic carbocycles. The molecule has 2 aromatic rings. The van der Waals surface area contributed by atoms with Crippen molar-refractivity contribution in [3.63, 3.8) is 0 Å². The molecule has 7 nitrogen and oxygen atoms in total. The van der Waals surface area contributed by atoms with Crippen LogP contribution in [0.25, 0.3) is 0 Å². The standard InChI is InChI=1S/C19H19Br2N3O4S/c1-3-28-19(26)24-5-4-10-13(8-24)29-18-14(10)17(25)22-16(23-18)9-6-11(20)15(27-2)12(21)7-9/h6-7,16,23H,3-5,8H2,1-2H3,(H,22,25)/t16-/m0/s1. The Morgan fingerprint density at radius 2 is 2.03 bits per heavy atom. The van der Waals surface area contributed by atoms with E-state index in [9.17, 15) is 9.59 Å². The summed E-state index contributed by atoms with van der Waals surface area (Å²) in [4.78, 5) is 27.7. The minimum atomic E-state index is -0.366. The second-order valence-electron chi connectivity index (χ2n) is 6.65. The van der Waals surface area contributed by atoms with Gasteiger partial charge in [0.2, 0.25) is 0 Å². The van der Waals surface area contributed by atoms with E-state index in [-0.39, 0.29) is 18.2 Å². The fourth-order valence-corrected chi connectivity index (χ4v) is 6.43. The second kappa shape index (κ2) is 8.16. The Bertz CT molecular complexity index is 971. The molecular weight excluding hydrogens is 526 g/mol. The van der Waals surface area contributed by atoms with Crippen molar-refractivity contribution in [1.82, 2.24) is 10.2 Å². The molecule has 2 aliphatic heterocycles. The first kappa shape index (κ1) is 20.5. The van der Waals surface area contributed by atoms with Crippen LogP contribution in [0.3, 0.4) is 0 Å². The van der Waals surface area contributed by atoms with E-state index in [1.54, 1.807) is 18.9 Å². The molecule has 2 amide bonds. The molecule has 0 radical (unpaired) electrons. The highest BCUT2D eigenvalue weighted by atomic mass is 79.9. The number of nitrogens with zero attached hydrogens (tertiary/aromatic N) is 1. The van der Waals surface area contributed by atoms with Crippen LogP contribution >= 0.6 is 43.2 Å². The Labute approximate surface area is 189 Å². The number of thiophene rings is 1. The average molecular weight is 545 g/mol. The van der Waals surface area contributed by atoms with Gasteiger partial charge in [0.1, 0.15) is 16.9 Å². The SMILES string of the molecule is CCOC(=O)N1CCc2c(sc3c2C(=O)N[C@H](c2cc(Br)c(OC)c(Br)c2)N3)C1. The molecule has 3 heterocycles. The van der Waals surface area contributed by atoms with Crippen molar-refractivity contribution in [2.45, 2.75) is 26.1 Å². The number of carbonyl (C=O) groups excluding carboxylic acids is 2.